The number of nitrogens with two attached hydrogens (primary N) is 1. The topological polar surface area (TPSA) is 38.0 Å². The van der Waals surface area contributed by atoms with Gasteiger partial charge in [-0.15, -0.1) is 0 Å². The Bertz CT molecular complexity index is 125. The first kappa shape index (κ1) is 9.36. The van der Waals surface area contributed by atoms with E-state index in [1.54, 1.807) is 0 Å². The minimum absolute atomic E-state index is 0.249. The lowest BCUT2D eigenvalue weighted by atomic mass is 9.96. The molecule has 2 unspecified atom stereocenters. The van der Waals surface area contributed by atoms with Gasteiger partial charge < -0.3 is 11.1 Å². The Balaban J connectivity index is 2.48. The molecule has 0 spiro atoms. The molecule has 2 nitrogen and oxygen atoms in total. The Kier molecular flexibility index (Phi) is 3.22. The molecule has 0 aromatic carbocycles. The molecule has 1 aliphatic rings. The molecule has 1 saturated heterocycles. The molecule has 3 heteroatoms. The molecule has 11 heavy (non-hydrogen) atoms. The maximum atomic E-state index is 5.74. The Labute approximate surface area is 73.3 Å². The molecule has 0 amide bonds. The molecule has 0 bridgehead atoms. The van der Waals surface area contributed by atoms with Crippen molar-refractivity contribution >= 4 is 11.8 Å². The van der Waals surface area contributed by atoms with Gasteiger partial charge in [0.05, 0.1) is 0 Å². The van der Waals surface area contributed by atoms with Gasteiger partial charge in [0.1, 0.15) is 0 Å². The van der Waals surface area contributed by atoms with E-state index < -0.39 is 0 Å². The third-order valence-corrected chi connectivity index (χ3v) is 3.72. The number of nitrogens with one attached hydrogen (secondary N) is 1. The molecule has 2 atom stereocenters. The zero-order valence-electron chi connectivity index (χ0n) is 7.39. The number of thioether (sulfide) groups is 1. The van der Waals surface area contributed by atoms with Crippen LogP contribution in [0.5, 0.6) is 0 Å². The average molecular weight is 174 g/mol. The zero-order chi connectivity index (χ0) is 8.32. The first-order valence-corrected chi connectivity index (χ1v) is 5.34. The predicted octanol–water partition coefficient (Wildman–Crippen LogP) is 0.819. The lowest BCUT2D eigenvalue weighted by molar-refractivity contribution is 0.370. The number of hydrogen-bond acceptors (Lipinski definition) is 3. The Morgan fingerprint density at radius 2 is 2.45 bits per heavy atom. The van der Waals surface area contributed by atoms with Gasteiger partial charge in [-0.3, -0.25) is 0 Å². The SMILES string of the molecule is CCNC1(CN)CSC(C)C1. The Hall–Kier alpha value is 0.270. The lowest BCUT2D eigenvalue weighted by Gasteiger charge is -2.27. The molecule has 1 heterocycles. The first-order valence-electron chi connectivity index (χ1n) is 4.29. The van der Waals surface area contributed by atoms with Crippen molar-refractivity contribution in [3.8, 4) is 0 Å². The van der Waals surface area contributed by atoms with Crippen LogP contribution in [0.4, 0.5) is 0 Å². The molecule has 0 aliphatic carbocycles. The summed E-state index contributed by atoms with van der Waals surface area (Å²) in [5.41, 5.74) is 5.99. The molecule has 1 aliphatic heterocycles. The lowest BCUT2D eigenvalue weighted by Crippen LogP contribution is -2.51. The fourth-order valence-corrected chi connectivity index (χ4v) is 3.06. The van der Waals surface area contributed by atoms with Gasteiger partial charge in [0, 0.05) is 23.1 Å². The van der Waals surface area contributed by atoms with Crippen molar-refractivity contribution in [1.82, 2.24) is 5.32 Å². The van der Waals surface area contributed by atoms with Crippen molar-refractivity contribution in [3.63, 3.8) is 0 Å². The highest BCUT2D eigenvalue weighted by Gasteiger charge is 2.35. The second-order valence-electron chi connectivity index (χ2n) is 3.34. The van der Waals surface area contributed by atoms with E-state index in [1.165, 1.54) is 12.2 Å². The number of rotatable bonds is 3. The standard InChI is InChI=1S/C8H18N2S/c1-3-10-8(5-9)4-7(2)11-6-8/h7,10H,3-6,9H2,1-2H3. The molecular formula is C8H18N2S. The molecule has 0 aromatic rings. The summed E-state index contributed by atoms with van der Waals surface area (Å²) in [6, 6.07) is 0. The Morgan fingerprint density at radius 3 is 2.82 bits per heavy atom. The van der Waals surface area contributed by atoms with Gasteiger partial charge in [-0.05, 0) is 13.0 Å². The van der Waals surface area contributed by atoms with Crippen LogP contribution in [-0.2, 0) is 0 Å². The fourth-order valence-electron chi connectivity index (χ4n) is 1.68. The van der Waals surface area contributed by atoms with Crippen LogP contribution in [0.2, 0.25) is 0 Å². The summed E-state index contributed by atoms with van der Waals surface area (Å²) in [4.78, 5) is 0. The zero-order valence-corrected chi connectivity index (χ0v) is 8.21. The molecule has 0 radical (unpaired) electrons. The summed E-state index contributed by atoms with van der Waals surface area (Å²) in [6.07, 6.45) is 1.22. The van der Waals surface area contributed by atoms with Gasteiger partial charge in [-0.1, -0.05) is 13.8 Å². The van der Waals surface area contributed by atoms with E-state index >= 15 is 0 Å². The second-order valence-corrected chi connectivity index (χ2v) is 4.77. The average Bonchev–Trinajstić information content (AvgIpc) is 2.34. The molecule has 66 valence electrons. The van der Waals surface area contributed by atoms with Crippen LogP contribution in [0, 0.1) is 0 Å². The number of likely N-dealkylation sites (N-methyl/N-ethyl adjacent to an activating group) is 1. The van der Waals surface area contributed by atoms with E-state index in [0.717, 1.165) is 18.3 Å². The first-order chi connectivity index (χ1) is 5.22. The highest BCUT2D eigenvalue weighted by molar-refractivity contribution is 8.00. The van der Waals surface area contributed by atoms with Crippen LogP contribution in [0.25, 0.3) is 0 Å². The predicted molar refractivity (Wildman–Crippen MR) is 52.0 cm³/mol. The van der Waals surface area contributed by atoms with Crippen LogP contribution >= 0.6 is 11.8 Å². The molecule has 1 fully saturated rings. The summed E-state index contributed by atoms with van der Waals surface area (Å²) in [6.45, 7) is 6.23. The van der Waals surface area contributed by atoms with E-state index in [0.29, 0.717) is 0 Å². The van der Waals surface area contributed by atoms with Gasteiger partial charge in [0.25, 0.3) is 0 Å². The highest BCUT2D eigenvalue weighted by atomic mass is 32.2. The van der Waals surface area contributed by atoms with E-state index in [4.69, 9.17) is 5.73 Å². The van der Waals surface area contributed by atoms with Gasteiger partial charge in [0.15, 0.2) is 0 Å². The van der Waals surface area contributed by atoms with E-state index in [-0.39, 0.29) is 5.54 Å². The molecule has 0 aromatic heterocycles. The van der Waals surface area contributed by atoms with Gasteiger partial charge >= 0.3 is 0 Å². The van der Waals surface area contributed by atoms with Crippen LogP contribution in [0.1, 0.15) is 20.3 Å². The summed E-state index contributed by atoms with van der Waals surface area (Å²) >= 11 is 2.03. The summed E-state index contributed by atoms with van der Waals surface area (Å²) in [7, 11) is 0. The third kappa shape index (κ3) is 2.10. The van der Waals surface area contributed by atoms with E-state index in [2.05, 4.69) is 19.2 Å². The minimum Gasteiger partial charge on any atom is -0.329 e. The second kappa shape index (κ2) is 3.78. The monoisotopic (exact) mass is 174 g/mol. The van der Waals surface area contributed by atoms with Crippen LogP contribution in [0.3, 0.4) is 0 Å². The van der Waals surface area contributed by atoms with Crippen LogP contribution in [-0.4, -0.2) is 29.6 Å². The van der Waals surface area contributed by atoms with Gasteiger partial charge in [-0.2, -0.15) is 11.8 Å². The van der Waals surface area contributed by atoms with E-state index in [1.807, 2.05) is 11.8 Å². The van der Waals surface area contributed by atoms with Gasteiger partial charge in [0.2, 0.25) is 0 Å². The van der Waals surface area contributed by atoms with Crippen molar-refractivity contribution in [1.29, 1.82) is 0 Å². The Morgan fingerprint density at radius 1 is 1.73 bits per heavy atom. The summed E-state index contributed by atoms with van der Waals surface area (Å²) in [5, 5.41) is 4.27. The summed E-state index contributed by atoms with van der Waals surface area (Å²) < 4.78 is 0. The van der Waals surface area contributed by atoms with Crippen LogP contribution in [0.15, 0.2) is 0 Å². The molecule has 3 N–H and O–H groups in total. The molecule has 0 saturated carbocycles. The largest absolute Gasteiger partial charge is 0.329 e. The molecular weight excluding hydrogens is 156 g/mol. The fraction of sp³-hybridized carbons (Fsp3) is 1.00. The van der Waals surface area contributed by atoms with Crippen molar-refractivity contribution in [2.45, 2.75) is 31.1 Å². The highest BCUT2D eigenvalue weighted by Crippen LogP contribution is 2.33. The van der Waals surface area contributed by atoms with Gasteiger partial charge in [-0.25, -0.2) is 0 Å². The third-order valence-electron chi connectivity index (χ3n) is 2.26. The number of hydrogen-bond donors (Lipinski definition) is 2. The van der Waals surface area contributed by atoms with E-state index in [9.17, 15) is 0 Å². The van der Waals surface area contributed by atoms with Crippen molar-refractivity contribution in [2.24, 2.45) is 5.73 Å². The maximum absolute atomic E-state index is 5.74. The van der Waals surface area contributed by atoms with Crippen LogP contribution < -0.4 is 11.1 Å². The van der Waals surface area contributed by atoms with Crippen molar-refractivity contribution in [3.05, 3.63) is 0 Å². The minimum atomic E-state index is 0.249. The van der Waals surface area contributed by atoms with Crippen molar-refractivity contribution < 1.29 is 0 Å². The molecule has 1 rings (SSSR count). The quantitative estimate of drug-likeness (QED) is 0.665. The maximum Gasteiger partial charge on any atom is 0.0405 e. The normalized spacial score (nSPS) is 37.9. The smallest absolute Gasteiger partial charge is 0.0405 e. The van der Waals surface area contributed by atoms with Crippen molar-refractivity contribution in [2.75, 3.05) is 18.8 Å². The summed E-state index contributed by atoms with van der Waals surface area (Å²) in [5.74, 6) is 1.18.